The number of amides is 1. The van der Waals surface area contributed by atoms with E-state index in [1.807, 2.05) is 49.1 Å². The number of carbonyl (C=O) groups is 2. The number of hydrogen-bond acceptors (Lipinski definition) is 4. The van der Waals surface area contributed by atoms with Crippen LogP contribution in [0.25, 0.3) is 0 Å². The number of ether oxygens (including phenoxy) is 1. The molecule has 0 N–H and O–H groups in total. The van der Waals surface area contributed by atoms with E-state index in [9.17, 15) is 14.9 Å². The Morgan fingerprint density at radius 3 is 2.47 bits per heavy atom. The SMILES string of the molecule is CC1(C)C[C@]2(C=C(C#N)C1=O)CCN(C(=O)C1(c3ccc(Cl)cc3)CCOCC1)C2. The van der Waals surface area contributed by atoms with Crippen LogP contribution in [0.4, 0.5) is 0 Å². The van der Waals surface area contributed by atoms with Gasteiger partial charge in [0.1, 0.15) is 6.07 Å². The minimum atomic E-state index is -0.615. The Morgan fingerprint density at radius 2 is 1.83 bits per heavy atom. The normalized spacial score (nSPS) is 27.6. The van der Waals surface area contributed by atoms with Gasteiger partial charge < -0.3 is 9.64 Å². The predicted molar refractivity (Wildman–Crippen MR) is 114 cm³/mol. The van der Waals surface area contributed by atoms with E-state index in [-0.39, 0.29) is 22.7 Å². The number of nitrogens with zero attached hydrogens (tertiary/aromatic N) is 2. The molecule has 0 saturated carbocycles. The van der Waals surface area contributed by atoms with Crippen molar-refractivity contribution >= 4 is 23.3 Å². The number of carbonyl (C=O) groups excluding carboxylic acids is 2. The van der Waals surface area contributed by atoms with E-state index in [0.29, 0.717) is 50.6 Å². The van der Waals surface area contributed by atoms with Crippen molar-refractivity contribution in [2.75, 3.05) is 26.3 Å². The van der Waals surface area contributed by atoms with Gasteiger partial charge in [-0.2, -0.15) is 5.26 Å². The fourth-order valence-electron chi connectivity index (χ4n) is 5.58. The number of allylic oxidation sites excluding steroid dienone is 1. The van der Waals surface area contributed by atoms with Gasteiger partial charge >= 0.3 is 0 Å². The minimum absolute atomic E-state index is 0.0949. The number of halogens is 1. The lowest BCUT2D eigenvalue weighted by Gasteiger charge is -2.41. The molecule has 2 aliphatic heterocycles. The standard InChI is InChI=1S/C24H27ClN2O3/c1-22(2)15-23(13-17(14-26)20(22)28)7-10-27(16-23)21(29)24(8-11-30-12-9-24)18-3-5-19(25)6-4-18/h3-6,13H,7-12,15-16H2,1-2H3/t23-/m1/s1. The van der Waals surface area contributed by atoms with Gasteiger partial charge in [-0.3, -0.25) is 9.59 Å². The third-order valence-electron chi connectivity index (χ3n) is 7.05. The summed E-state index contributed by atoms with van der Waals surface area (Å²) in [4.78, 5) is 28.4. The Hall–Kier alpha value is -2.16. The molecule has 158 valence electrons. The highest BCUT2D eigenvalue weighted by Gasteiger charge is 2.52. The topological polar surface area (TPSA) is 70.4 Å². The van der Waals surface area contributed by atoms with Crippen LogP contribution in [-0.4, -0.2) is 42.9 Å². The molecule has 1 aromatic rings. The average molecular weight is 427 g/mol. The highest BCUT2D eigenvalue weighted by atomic mass is 35.5. The van der Waals surface area contributed by atoms with Crippen molar-refractivity contribution in [1.29, 1.82) is 5.26 Å². The first-order chi connectivity index (χ1) is 14.2. The molecule has 0 aromatic heterocycles. The van der Waals surface area contributed by atoms with Crippen LogP contribution in [0.2, 0.25) is 5.02 Å². The van der Waals surface area contributed by atoms with Crippen molar-refractivity contribution in [3.05, 3.63) is 46.5 Å². The molecule has 1 amide bonds. The van der Waals surface area contributed by atoms with E-state index in [2.05, 4.69) is 6.07 Å². The van der Waals surface area contributed by atoms with Crippen molar-refractivity contribution in [3.63, 3.8) is 0 Å². The summed E-state index contributed by atoms with van der Waals surface area (Å²) in [6.07, 6.45) is 4.55. The summed E-state index contributed by atoms with van der Waals surface area (Å²) in [6, 6.07) is 9.66. The van der Waals surface area contributed by atoms with Crippen molar-refractivity contribution in [2.24, 2.45) is 10.8 Å². The van der Waals surface area contributed by atoms with E-state index in [1.54, 1.807) is 0 Å². The molecule has 1 aromatic carbocycles. The first-order valence-electron chi connectivity index (χ1n) is 10.5. The van der Waals surface area contributed by atoms with Gasteiger partial charge in [0.05, 0.1) is 11.0 Å². The second kappa shape index (κ2) is 7.51. The van der Waals surface area contributed by atoms with E-state index < -0.39 is 10.8 Å². The summed E-state index contributed by atoms with van der Waals surface area (Å²) in [5, 5.41) is 10.1. The number of benzene rings is 1. The zero-order valence-corrected chi connectivity index (χ0v) is 18.3. The van der Waals surface area contributed by atoms with Crippen LogP contribution < -0.4 is 0 Å². The first kappa shape index (κ1) is 21.1. The average Bonchev–Trinajstić information content (AvgIpc) is 3.13. The molecule has 4 rings (SSSR count). The maximum absolute atomic E-state index is 13.9. The quantitative estimate of drug-likeness (QED) is 0.715. The lowest BCUT2D eigenvalue weighted by molar-refractivity contribution is -0.140. The predicted octanol–water partition coefficient (Wildman–Crippen LogP) is 4.06. The van der Waals surface area contributed by atoms with E-state index >= 15 is 0 Å². The van der Waals surface area contributed by atoms with Crippen LogP contribution in [0.15, 0.2) is 35.9 Å². The van der Waals surface area contributed by atoms with Crippen molar-refractivity contribution in [2.45, 2.75) is 44.9 Å². The molecular formula is C24H27ClN2O3. The fraction of sp³-hybridized carbons (Fsp3) is 0.542. The van der Waals surface area contributed by atoms with Gasteiger partial charge in [0.25, 0.3) is 0 Å². The third kappa shape index (κ3) is 3.46. The molecule has 1 spiro atoms. The zero-order chi connectivity index (χ0) is 21.6. The molecule has 0 unspecified atom stereocenters. The van der Waals surface area contributed by atoms with Gasteiger partial charge in [0, 0.05) is 42.2 Å². The monoisotopic (exact) mass is 426 g/mol. The van der Waals surface area contributed by atoms with E-state index in [0.717, 1.165) is 12.0 Å². The van der Waals surface area contributed by atoms with Gasteiger partial charge in [-0.15, -0.1) is 0 Å². The highest BCUT2D eigenvalue weighted by Crippen LogP contribution is 2.49. The number of Topliss-reactive ketones (excluding diaryl/α,β-unsaturated/α-hetero) is 1. The Balaban J connectivity index is 1.65. The number of likely N-dealkylation sites (tertiary alicyclic amines) is 1. The first-order valence-corrected chi connectivity index (χ1v) is 10.9. The van der Waals surface area contributed by atoms with E-state index in [1.165, 1.54) is 0 Å². The van der Waals surface area contributed by atoms with Gasteiger partial charge in [-0.25, -0.2) is 0 Å². The van der Waals surface area contributed by atoms with Crippen molar-refractivity contribution in [1.82, 2.24) is 4.90 Å². The maximum atomic E-state index is 13.9. The van der Waals surface area contributed by atoms with Gasteiger partial charge in [-0.1, -0.05) is 43.7 Å². The molecule has 2 heterocycles. The van der Waals surface area contributed by atoms with Gasteiger partial charge in [0.2, 0.25) is 5.91 Å². The molecule has 1 atom stereocenters. The number of ketones is 1. The van der Waals surface area contributed by atoms with Crippen LogP contribution in [0.1, 0.15) is 45.1 Å². The summed E-state index contributed by atoms with van der Waals surface area (Å²) in [5.74, 6) is 0.0223. The largest absolute Gasteiger partial charge is 0.381 e. The lowest BCUT2D eigenvalue weighted by Crippen LogP contribution is -2.50. The van der Waals surface area contributed by atoms with Crippen molar-refractivity contribution < 1.29 is 14.3 Å². The summed E-state index contributed by atoms with van der Waals surface area (Å²) in [6.45, 7) is 6.08. The smallest absolute Gasteiger partial charge is 0.233 e. The Morgan fingerprint density at radius 1 is 1.17 bits per heavy atom. The summed E-state index contributed by atoms with van der Waals surface area (Å²) in [7, 11) is 0. The zero-order valence-electron chi connectivity index (χ0n) is 17.5. The van der Waals surface area contributed by atoms with Crippen LogP contribution in [0.5, 0.6) is 0 Å². The molecular weight excluding hydrogens is 400 g/mol. The third-order valence-corrected chi connectivity index (χ3v) is 7.30. The molecule has 6 heteroatoms. The Labute approximate surface area is 182 Å². The molecule has 30 heavy (non-hydrogen) atoms. The van der Waals surface area contributed by atoms with Crippen LogP contribution in [-0.2, 0) is 19.7 Å². The van der Waals surface area contributed by atoms with Crippen molar-refractivity contribution in [3.8, 4) is 6.07 Å². The summed E-state index contributed by atoms with van der Waals surface area (Å²) >= 11 is 6.09. The minimum Gasteiger partial charge on any atom is -0.381 e. The summed E-state index contributed by atoms with van der Waals surface area (Å²) < 4.78 is 5.58. The number of rotatable bonds is 2. The van der Waals surface area contributed by atoms with Crippen LogP contribution in [0, 0.1) is 22.2 Å². The van der Waals surface area contributed by atoms with Gasteiger partial charge in [0.15, 0.2) is 5.78 Å². The second-order valence-corrected chi connectivity index (χ2v) is 10.0. The molecule has 0 radical (unpaired) electrons. The van der Waals surface area contributed by atoms with E-state index in [4.69, 9.17) is 16.3 Å². The summed E-state index contributed by atoms with van der Waals surface area (Å²) in [5.41, 5.74) is -0.306. The molecule has 1 aliphatic carbocycles. The number of nitriles is 1. The highest BCUT2D eigenvalue weighted by molar-refractivity contribution is 6.30. The lowest BCUT2D eigenvalue weighted by atomic mass is 9.64. The van der Waals surface area contributed by atoms with Crippen LogP contribution >= 0.6 is 11.6 Å². The maximum Gasteiger partial charge on any atom is 0.233 e. The molecule has 0 bridgehead atoms. The molecule has 2 fully saturated rings. The Bertz CT molecular complexity index is 938. The molecule has 3 aliphatic rings. The van der Waals surface area contributed by atoms with Gasteiger partial charge in [-0.05, 0) is 43.4 Å². The number of hydrogen-bond donors (Lipinski definition) is 0. The molecule has 5 nitrogen and oxygen atoms in total. The Kier molecular flexibility index (Phi) is 5.28. The second-order valence-electron chi connectivity index (χ2n) is 9.60. The fourth-order valence-corrected chi connectivity index (χ4v) is 5.71. The van der Waals surface area contributed by atoms with Crippen LogP contribution in [0.3, 0.4) is 0 Å². The molecule has 2 saturated heterocycles.